The third-order valence-electron chi connectivity index (χ3n) is 3.59. The maximum atomic E-state index is 12.6. The third-order valence-corrected chi connectivity index (χ3v) is 5.42. The lowest BCUT2D eigenvalue weighted by Crippen LogP contribution is -2.28. The molecule has 1 aromatic carbocycles. The molecule has 0 spiro atoms. The molecule has 108 valence electrons. The highest BCUT2D eigenvalue weighted by Crippen LogP contribution is 2.29. The average molecular weight is 291 g/mol. The van der Waals surface area contributed by atoms with Crippen molar-refractivity contribution in [3.8, 4) is 0 Å². The number of rotatable bonds is 4. The maximum Gasteiger partial charge on any atom is 0.243 e. The predicted octanol–water partition coefficient (Wildman–Crippen LogP) is 3.22. The van der Waals surface area contributed by atoms with E-state index in [2.05, 4.69) is 19.1 Å². The van der Waals surface area contributed by atoms with Gasteiger partial charge in [-0.1, -0.05) is 48.9 Å². The van der Waals surface area contributed by atoms with Crippen molar-refractivity contribution in [1.82, 2.24) is 4.31 Å². The zero-order valence-electron chi connectivity index (χ0n) is 12.0. The summed E-state index contributed by atoms with van der Waals surface area (Å²) in [6, 6.07) is 8.65. The fourth-order valence-corrected chi connectivity index (χ4v) is 3.91. The van der Waals surface area contributed by atoms with Crippen LogP contribution < -0.4 is 0 Å². The minimum atomic E-state index is -3.38. The normalized spacial score (nSPS) is 22.9. The topological polar surface area (TPSA) is 37.4 Å². The zero-order valence-corrected chi connectivity index (χ0v) is 12.8. The summed E-state index contributed by atoms with van der Waals surface area (Å²) in [6.07, 6.45) is 7.23. The molecule has 1 aliphatic rings. The van der Waals surface area contributed by atoms with E-state index in [1.54, 1.807) is 28.6 Å². The van der Waals surface area contributed by atoms with Gasteiger partial charge in [-0.15, -0.1) is 0 Å². The Morgan fingerprint density at radius 2 is 2.00 bits per heavy atom. The molecule has 0 radical (unpaired) electrons. The number of nitrogens with zero attached hydrogens (tertiary/aromatic N) is 1. The predicted molar refractivity (Wildman–Crippen MR) is 81.9 cm³/mol. The lowest BCUT2D eigenvalue weighted by molar-refractivity contribution is 0.471. The number of hydrogen-bond donors (Lipinski definition) is 0. The summed E-state index contributed by atoms with van der Waals surface area (Å²) >= 11 is 0. The molecule has 1 atom stereocenters. The first kappa shape index (κ1) is 15.0. The molecule has 20 heavy (non-hydrogen) atoms. The minimum Gasteiger partial charge on any atom is -0.207 e. The molecule has 0 aromatic heterocycles. The number of hydrogen-bond acceptors (Lipinski definition) is 2. The second-order valence-electron chi connectivity index (χ2n) is 4.92. The van der Waals surface area contributed by atoms with E-state index in [0.29, 0.717) is 18.0 Å². The van der Waals surface area contributed by atoms with Gasteiger partial charge in [0.15, 0.2) is 0 Å². The molecule has 3 nitrogen and oxygen atoms in total. The lowest BCUT2D eigenvalue weighted by Gasteiger charge is -2.15. The average Bonchev–Trinajstić information content (AvgIpc) is 2.90. The van der Waals surface area contributed by atoms with Crippen LogP contribution in [0.25, 0.3) is 0 Å². The van der Waals surface area contributed by atoms with E-state index in [1.807, 2.05) is 19.1 Å². The SMILES string of the molecule is C/C=C1/CN(S(=O)(=O)c2ccccc2)C[C@@H]1/C=C/CC. The monoisotopic (exact) mass is 291 g/mol. The molecule has 0 amide bonds. The zero-order chi connectivity index (χ0) is 14.6. The molecule has 1 aliphatic heterocycles. The van der Waals surface area contributed by atoms with Crippen LogP contribution in [-0.2, 0) is 10.0 Å². The minimum absolute atomic E-state index is 0.207. The van der Waals surface area contributed by atoms with Crippen LogP contribution in [-0.4, -0.2) is 25.8 Å². The van der Waals surface area contributed by atoms with Crippen molar-refractivity contribution in [2.24, 2.45) is 5.92 Å². The van der Waals surface area contributed by atoms with Gasteiger partial charge in [-0.05, 0) is 25.5 Å². The number of benzene rings is 1. The molecule has 2 rings (SSSR count). The van der Waals surface area contributed by atoms with Crippen molar-refractivity contribution in [1.29, 1.82) is 0 Å². The molecule has 1 saturated heterocycles. The molecule has 1 fully saturated rings. The van der Waals surface area contributed by atoms with Crippen molar-refractivity contribution >= 4 is 10.0 Å². The summed E-state index contributed by atoms with van der Waals surface area (Å²) in [6.45, 7) is 5.08. The lowest BCUT2D eigenvalue weighted by atomic mass is 10.0. The van der Waals surface area contributed by atoms with Gasteiger partial charge in [0.25, 0.3) is 0 Å². The molecular formula is C16H21NO2S. The van der Waals surface area contributed by atoms with E-state index in [0.717, 1.165) is 6.42 Å². The first-order chi connectivity index (χ1) is 9.59. The highest BCUT2D eigenvalue weighted by Gasteiger charge is 2.33. The van der Waals surface area contributed by atoms with Crippen LogP contribution in [0, 0.1) is 5.92 Å². The van der Waals surface area contributed by atoms with Gasteiger partial charge in [-0.25, -0.2) is 8.42 Å². The quantitative estimate of drug-likeness (QED) is 0.799. The van der Waals surface area contributed by atoms with Gasteiger partial charge < -0.3 is 0 Å². The number of sulfonamides is 1. The van der Waals surface area contributed by atoms with E-state index in [-0.39, 0.29) is 5.92 Å². The molecule has 4 heteroatoms. The van der Waals surface area contributed by atoms with E-state index in [4.69, 9.17) is 0 Å². The molecular weight excluding hydrogens is 270 g/mol. The summed E-state index contributed by atoms with van der Waals surface area (Å²) in [5.74, 6) is 0.207. The Kier molecular flexibility index (Phi) is 4.78. The van der Waals surface area contributed by atoms with Crippen LogP contribution in [0.4, 0.5) is 0 Å². The van der Waals surface area contributed by atoms with Crippen molar-refractivity contribution in [3.63, 3.8) is 0 Å². The standard InChI is InChI=1S/C16H21NO2S/c1-3-5-9-15-13-17(12-14(15)4-2)20(18,19)16-10-7-6-8-11-16/h4-11,15H,3,12-13H2,1-2H3/b9-5+,14-4-/t15-/m0/s1. The van der Waals surface area contributed by atoms with Crippen molar-refractivity contribution in [2.75, 3.05) is 13.1 Å². The summed E-state index contributed by atoms with van der Waals surface area (Å²) < 4.78 is 26.8. The Bertz CT molecular complexity index is 603. The largest absolute Gasteiger partial charge is 0.243 e. The van der Waals surface area contributed by atoms with Crippen LogP contribution in [0.2, 0.25) is 0 Å². The second kappa shape index (κ2) is 6.37. The molecule has 1 heterocycles. The van der Waals surface area contributed by atoms with E-state index >= 15 is 0 Å². The molecule has 1 aromatic rings. The molecule has 0 saturated carbocycles. The summed E-state index contributed by atoms with van der Waals surface area (Å²) in [7, 11) is -3.38. The van der Waals surface area contributed by atoms with Crippen LogP contribution in [0.3, 0.4) is 0 Å². The molecule has 0 unspecified atom stereocenters. The molecule has 0 N–H and O–H groups in total. The van der Waals surface area contributed by atoms with E-state index in [9.17, 15) is 8.42 Å². The van der Waals surface area contributed by atoms with Gasteiger partial charge in [-0.3, -0.25) is 0 Å². The van der Waals surface area contributed by atoms with Crippen molar-refractivity contribution < 1.29 is 8.42 Å². The Morgan fingerprint density at radius 1 is 1.30 bits per heavy atom. The fraction of sp³-hybridized carbons (Fsp3) is 0.375. The van der Waals surface area contributed by atoms with Gasteiger partial charge in [0, 0.05) is 19.0 Å². The number of allylic oxidation sites excluding steroid dienone is 2. The first-order valence-electron chi connectivity index (χ1n) is 6.96. The maximum absolute atomic E-state index is 12.6. The van der Waals surface area contributed by atoms with Crippen molar-refractivity contribution in [3.05, 3.63) is 54.1 Å². The van der Waals surface area contributed by atoms with Gasteiger partial charge in [0.05, 0.1) is 4.90 Å². The van der Waals surface area contributed by atoms with Crippen molar-refractivity contribution in [2.45, 2.75) is 25.2 Å². The molecule has 0 aliphatic carbocycles. The third kappa shape index (κ3) is 3.02. The van der Waals surface area contributed by atoms with Crippen LogP contribution in [0.5, 0.6) is 0 Å². The van der Waals surface area contributed by atoms with Gasteiger partial charge >= 0.3 is 0 Å². The Morgan fingerprint density at radius 3 is 2.60 bits per heavy atom. The highest BCUT2D eigenvalue weighted by molar-refractivity contribution is 7.89. The summed E-state index contributed by atoms with van der Waals surface area (Å²) in [5.41, 5.74) is 1.18. The Labute approximate surface area is 121 Å². The first-order valence-corrected chi connectivity index (χ1v) is 8.40. The molecule has 0 bridgehead atoms. The smallest absolute Gasteiger partial charge is 0.207 e. The van der Waals surface area contributed by atoms with Crippen LogP contribution in [0.1, 0.15) is 20.3 Å². The van der Waals surface area contributed by atoms with E-state index < -0.39 is 10.0 Å². The van der Waals surface area contributed by atoms with Gasteiger partial charge in [-0.2, -0.15) is 4.31 Å². The summed E-state index contributed by atoms with van der Waals surface area (Å²) in [4.78, 5) is 0.371. The van der Waals surface area contributed by atoms with Gasteiger partial charge in [0.2, 0.25) is 10.0 Å². The van der Waals surface area contributed by atoms with E-state index in [1.165, 1.54) is 5.57 Å². The van der Waals surface area contributed by atoms with Crippen LogP contribution in [0.15, 0.2) is 59.0 Å². The van der Waals surface area contributed by atoms with Crippen LogP contribution >= 0.6 is 0 Å². The highest BCUT2D eigenvalue weighted by atomic mass is 32.2. The Hall–Kier alpha value is -1.39. The Balaban J connectivity index is 2.25. The fourth-order valence-electron chi connectivity index (χ4n) is 2.44. The second-order valence-corrected chi connectivity index (χ2v) is 6.86. The summed E-state index contributed by atoms with van der Waals surface area (Å²) in [5, 5.41) is 0. The van der Waals surface area contributed by atoms with Gasteiger partial charge in [0.1, 0.15) is 0 Å².